The number of hydrogen-bond donors (Lipinski definition) is 1. The van der Waals surface area contributed by atoms with Crippen molar-refractivity contribution in [2.45, 2.75) is 74.6 Å². The molecule has 1 N–H and O–H groups in total. The molecule has 2 heterocycles. The summed E-state index contributed by atoms with van der Waals surface area (Å²) >= 11 is 1.61. The van der Waals surface area contributed by atoms with Gasteiger partial charge in [-0.2, -0.15) is 4.98 Å². The molecule has 5 nitrogen and oxygen atoms in total. The van der Waals surface area contributed by atoms with Crippen LogP contribution in [0.4, 0.5) is 5.95 Å². The molecule has 1 aromatic rings. The van der Waals surface area contributed by atoms with Crippen molar-refractivity contribution in [2.75, 3.05) is 6.26 Å². The molecule has 25 heavy (non-hydrogen) atoms. The Morgan fingerprint density at radius 3 is 2.48 bits per heavy atom. The fourth-order valence-electron chi connectivity index (χ4n) is 7.03. The lowest BCUT2D eigenvalue weighted by Gasteiger charge is -2.58. The molecule has 2 atom stereocenters. The zero-order valence-electron chi connectivity index (χ0n) is 14.9. The normalized spacial score (nSPS) is 43.9. The second-order valence-corrected chi connectivity index (χ2v) is 10.1. The summed E-state index contributed by atoms with van der Waals surface area (Å²) in [6, 6.07) is 0.476. The van der Waals surface area contributed by atoms with Crippen molar-refractivity contribution in [1.82, 2.24) is 20.1 Å². The number of nitrogens with zero attached hydrogens (tertiary/aromatic N) is 4. The molecule has 1 aromatic heterocycles. The van der Waals surface area contributed by atoms with Crippen molar-refractivity contribution >= 4 is 23.4 Å². The highest BCUT2D eigenvalue weighted by Crippen LogP contribution is 2.56. The molecule has 1 aliphatic heterocycles. The summed E-state index contributed by atoms with van der Waals surface area (Å²) in [5, 5.41) is 9.61. The van der Waals surface area contributed by atoms with Crippen LogP contribution < -0.4 is 5.32 Å². The Hall–Kier alpha value is -0.880. The van der Waals surface area contributed by atoms with E-state index in [-0.39, 0.29) is 0 Å². The molecule has 7 rings (SSSR count). The lowest BCUT2D eigenvalue weighted by molar-refractivity contribution is -0.0218. The molecule has 134 valence electrons. The van der Waals surface area contributed by atoms with Crippen LogP contribution in [0.1, 0.15) is 51.4 Å². The van der Waals surface area contributed by atoms with E-state index in [1.807, 2.05) is 10.9 Å². The third-order valence-corrected chi connectivity index (χ3v) is 8.07. The quantitative estimate of drug-likeness (QED) is 0.842. The molecule has 0 aromatic carbocycles. The molecule has 6 heteroatoms. The van der Waals surface area contributed by atoms with E-state index in [0.29, 0.717) is 17.5 Å². The van der Waals surface area contributed by atoms with Crippen LogP contribution in [0.3, 0.4) is 0 Å². The molecule has 0 spiro atoms. The minimum absolute atomic E-state index is 0.423. The lowest BCUT2D eigenvalue weighted by atomic mass is 9.53. The second kappa shape index (κ2) is 5.32. The largest absolute Gasteiger partial charge is 0.303 e. The van der Waals surface area contributed by atoms with Gasteiger partial charge in [-0.1, -0.05) is 11.8 Å². The highest BCUT2D eigenvalue weighted by molar-refractivity contribution is 7.98. The van der Waals surface area contributed by atoms with Gasteiger partial charge in [0, 0.05) is 23.2 Å². The predicted octanol–water partition coefficient (Wildman–Crippen LogP) is 3.42. The van der Waals surface area contributed by atoms with Crippen LogP contribution in [-0.2, 0) is 6.54 Å². The fraction of sp³-hybridized carbons (Fsp3) is 0.842. The Bertz CT molecular complexity index is 703. The Morgan fingerprint density at radius 2 is 1.80 bits per heavy atom. The average molecular weight is 358 g/mol. The smallest absolute Gasteiger partial charge is 0.248 e. The molecule has 5 aliphatic carbocycles. The number of thioether (sulfide) groups is 1. The monoisotopic (exact) mass is 357 g/mol. The molecule has 0 radical (unpaired) electrons. The van der Waals surface area contributed by atoms with Crippen LogP contribution >= 0.6 is 11.8 Å². The molecular formula is C19H27N5S. The Morgan fingerprint density at radius 1 is 1.08 bits per heavy atom. The number of nitrogens with one attached hydrogen (secondary N) is 1. The molecular weight excluding hydrogens is 330 g/mol. The molecule has 6 aliphatic rings. The van der Waals surface area contributed by atoms with E-state index in [9.17, 15) is 0 Å². The van der Waals surface area contributed by atoms with Crippen LogP contribution in [0.2, 0.25) is 0 Å². The zero-order chi connectivity index (χ0) is 16.6. The predicted molar refractivity (Wildman–Crippen MR) is 99.4 cm³/mol. The van der Waals surface area contributed by atoms with E-state index in [2.05, 4.69) is 15.4 Å². The van der Waals surface area contributed by atoms with E-state index in [1.165, 1.54) is 57.1 Å². The van der Waals surface area contributed by atoms with Crippen molar-refractivity contribution in [3.63, 3.8) is 0 Å². The van der Waals surface area contributed by atoms with Gasteiger partial charge in [0.05, 0.1) is 6.54 Å². The Labute approximate surface area is 153 Å². The summed E-state index contributed by atoms with van der Waals surface area (Å²) in [7, 11) is 0. The first-order chi connectivity index (χ1) is 12.2. The van der Waals surface area contributed by atoms with Gasteiger partial charge in [-0.05, 0) is 75.4 Å². The molecule has 5 fully saturated rings. The SMILES string of the molecule is CSc1nc2n(n1)CC1CCC(NC34CC5CC(CC(C5)C3)C4)C1=N2. The van der Waals surface area contributed by atoms with Crippen LogP contribution in [0, 0.1) is 23.7 Å². The Balaban J connectivity index is 1.28. The third-order valence-electron chi connectivity index (χ3n) is 7.54. The van der Waals surface area contributed by atoms with Gasteiger partial charge in [0.25, 0.3) is 0 Å². The van der Waals surface area contributed by atoms with Gasteiger partial charge < -0.3 is 5.32 Å². The zero-order valence-corrected chi connectivity index (χ0v) is 15.8. The van der Waals surface area contributed by atoms with Crippen molar-refractivity contribution in [3.05, 3.63) is 0 Å². The van der Waals surface area contributed by atoms with Gasteiger partial charge in [0.2, 0.25) is 11.1 Å². The van der Waals surface area contributed by atoms with Crippen LogP contribution in [0.5, 0.6) is 0 Å². The molecule has 4 bridgehead atoms. The van der Waals surface area contributed by atoms with Gasteiger partial charge in [-0.25, -0.2) is 9.67 Å². The first-order valence-corrected chi connectivity index (χ1v) is 11.3. The highest BCUT2D eigenvalue weighted by atomic mass is 32.2. The first-order valence-electron chi connectivity index (χ1n) is 10.0. The molecule has 2 unspecified atom stereocenters. The van der Waals surface area contributed by atoms with E-state index >= 15 is 0 Å². The minimum atomic E-state index is 0.423. The first kappa shape index (κ1) is 15.2. The summed E-state index contributed by atoms with van der Waals surface area (Å²) in [5.74, 6) is 4.38. The Kier molecular flexibility index (Phi) is 3.23. The van der Waals surface area contributed by atoms with Gasteiger partial charge in [0.15, 0.2) is 0 Å². The van der Waals surface area contributed by atoms with Gasteiger partial charge in [0.1, 0.15) is 0 Å². The second-order valence-electron chi connectivity index (χ2n) is 9.29. The summed E-state index contributed by atoms with van der Waals surface area (Å²) in [6.45, 7) is 0.973. The van der Waals surface area contributed by atoms with Crippen molar-refractivity contribution < 1.29 is 0 Å². The highest BCUT2D eigenvalue weighted by Gasteiger charge is 2.52. The molecule has 5 saturated carbocycles. The van der Waals surface area contributed by atoms with Gasteiger partial charge in [-0.15, -0.1) is 5.10 Å². The third kappa shape index (κ3) is 2.36. The maximum atomic E-state index is 4.99. The van der Waals surface area contributed by atoms with Crippen LogP contribution in [0.25, 0.3) is 0 Å². The van der Waals surface area contributed by atoms with Crippen LogP contribution in [-0.4, -0.2) is 38.3 Å². The average Bonchev–Trinajstić information content (AvgIpc) is 3.14. The molecule has 0 amide bonds. The summed E-state index contributed by atoms with van der Waals surface area (Å²) in [5.41, 5.74) is 1.80. The van der Waals surface area contributed by atoms with Crippen molar-refractivity contribution in [3.8, 4) is 0 Å². The maximum Gasteiger partial charge on any atom is 0.248 e. The van der Waals surface area contributed by atoms with Crippen molar-refractivity contribution in [1.29, 1.82) is 0 Å². The lowest BCUT2D eigenvalue weighted by Crippen LogP contribution is -2.61. The van der Waals surface area contributed by atoms with E-state index < -0.39 is 0 Å². The van der Waals surface area contributed by atoms with Crippen molar-refractivity contribution in [2.24, 2.45) is 28.7 Å². The minimum Gasteiger partial charge on any atom is -0.303 e. The number of rotatable bonds is 3. The number of hydrogen-bond acceptors (Lipinski definition) is 5. The summed E-state index contributed by atoms with van der Waals surface area (Å²) in [4.78, 5) is 9.58. The number of aliphatic imine (C=N–C) groups is 1. The van der Waals surface area contributed by atoms with E-state index in [1.54, 1.807) is 11.8 Å². The van der Waals surface area contributed by atoms with E-state index in [0.717, 1.165) is 35.4 Å². The van der Waals surface area contributed by atoms with E-state index in [4.69, 9.17) is 4.99 Å². The molecule has 0 saturated heterocycles. The summed E-state index contributed by atoms with van der Waals surface area (Å²) in [6.07, 6.45) is 13.3. The van der Waals surface area contributed by atoms with Crippen LogP contribution in [0.15, 0.2) is 10.1 Å². The van der Waals surface area contributed by atoms with Gasteiger partial charge >= 0.3 is 0 Å². The fourth-order valence-corrected chi connectivity index (χ4v) is 7.39. The maximum absolute atomic E-state index is 4.99. The summed E-state index contributed by atoms with van der Waals surface area (Å²) < 4.78 is 2.02. The number of fused-ring (bicyclic) bond motifs is 2. The topological polar surface area (TPSA) is 55.1 Å². The van der Waals surface area contributed by atoms with Gasteiger partial charge in [-0.3, -0.25) is 0 Å². The standard InChI is InChI=1S/C19H27N5S/c1-25-18-21-17-20-16-14(10-24(17)23-18)2-3-15(16)22-19-7-11-4-12(8-19)6-13(5-11)9-19/h11-15,22H,2-10H2,1H3. The number of aromatic nitrogens is 3.